The molecule has 0 atom stereocenters. The maximum absolute atomic E-state index is 12.6. The Morgan fingerprint density at radius 2 is 1.87 bits per heavy atom. The summed E-state index contributed by atoms with van der Waals surface area (Å²) in [6.07, 6.45) is 5.02. The Morgan fingerprint density at radius 1 is 1.22 bits per heavy atom. The van der Waals surface area contributed by atoms with Crippen molar-refractivity contribution in [2.45, 2.75) is 43.0 Å². The van der Waals surface area contributed by atoms with Gasteiger partial charge < -0.3 is 10.4 Å². The molecule has 6 nitrogen and oxygen atoms in total. The Morgan fingerprint density at radius 3 is 2.57 bits per heavy atom. The first kappa shape index (κ1) is 15.9. The summed E-state index contributed by atoms with van der Waals surface area (Å²) >= 11 is 0. The number of nitrogens with one attached hydrogen (secondary N) is 1. The van der Waals surface area contributed by atoms with Crippen molar-refractivity contribution in [3.05, 3.63) is 35.5 Å². The Balaban J connectivity index is 1.98. The highest BCUT2D eigenvalue weighted by Gasteiger charge is 2.38. The standard InChI is InChI=1S/C16H20N2O4S/c1-18-14(16(20)17-11-7-3-2-4-8-11)15(19)12-9-5-6-10-13(12)23(18,21)22/h5-6,9-11,19H,2-4,7-8H2,1H3,(H,17,20). The van der Waals surface area contributed by atoms with Crippen LogP contribution in [0.15, 0.2) is 34.9 Å². The van der Waals surface area contributed by atoms with Gasteiger partial charge >= 0.3 is 0 Å². The van der Waals surface area contributed by atoms with Crippen molar-refractivity contribution >= 4 is 21.7 Å². The number of hydrogen-bond acceptors (Lipinski definition) is 4. The molecule has 0 bridgehead atoms. The third kappa shape index (κ3) is 2.69. The van der Waals surface area contributed by atoms with E-state index in [2.05, 4.69) is 5.32 Å². The average Bonchev–Trinajstić information content (AvgIpc) is 2.54. The van der Waals surface area contributed by atoms with E-state index in [0.29, 0.717) is 0 Å². The normalized spacial score (nSPS) is 21.0. The SMILES string of the molecule is CN1C(C(=O)NC2CCCCC2)=C(O)c2ccccc2S1(=O)=O. The zero-order valence-electron chi connectivity index (χ0n) is 12.9. The second kappa shape index (κ2) is 5.88. The second-order valence-electron chi connectivity index (χ2n) is 5.97. The van der Waals surface area contributed by atoms with Gasteiger partial charge in [0, 0.05) is 18.7 Å². The van der Waals surface area contributed by atoms with Crippen molar-refractivity contribution in [2.75, 3.05) is 7.05 Å². The van der Waals surface area contributed by atoms with Crippen LogP contribution in [0.4, 0.5) is 0 Å². The van der Waals surface area contributed by atoms with Crippen LogP contribution in [-0.4, -0.2) is 36.8 Å². The maximum Gasteiger partial charge on any atom is 0.272 e. The lowest BCUT2D eigenvalue weighted by atomic mass is 9.95. The number of sulfonamides is 1. The molecule has 1 aromatic rings. The molecule has 0 unspecified atom stereocenters. The van der Waals surface area contributed by atoms with Crippen LogP contribution in [0, 0.1) is 0 Å². The average molecular weight is 336 g/mol. The number of carbonyl (C=O) groups is 1. The van der Waals surface area contributed by atoms with E-state index >= 15 is 0 Å². The van der Waals surface area contributed by atoms with Gasteiger partial charge in [-0.25, -0.2) is 8.42 Å². The number of fused-ring (bicyclic) bond motifs is 1. The number of hydrogen-bond donors (Lipinski definition) is 2. The van der Waals surface area contributed by atoms with Gasteiger partial charge in [0.05, 0.1) is 4.90 Å². The summed E-state index contributed by atoms with van der Waals surface area (Å²) in [7, 11) is -2.55. The van der Waals surface area contributed by atoms with Gasteiger partial charge in [0.15, 0.2) is 11.5 Å². The van der Waals surface area contributed by atoms with Crippen LogP contribution in [0.1, 0.15) is 37.7 Å². The summed E-state index contributed by atoms with van der Waals surface area (Å²) in [6.45, 7) is 0. The highest BCUT2D eigenvalue weighted by atomic mass is 32.2. The first-order valence-corrected chi connectivity index (χ1v) is 9.19. The Labute approximate surface area is 135 Å². The van der Waals surface area contributed by atoms with E-state index in [1.807, 2.05) is 0 Å². The highest BCUT2D eigenvalue weighted by molar-refractivity contribution is 7.89. The van der Waals surface area contributed by atoms with E-state index in [-0.39, 0.29) is 28.0 Å². The molecule has 1 fully saturated rings. The monoisotopic (exact) mass is 336 g/mol. The number of aliphatic hydroxyl groups is 1. The Bertz CT molecular complexity index is 764. The molecule has 0 spiro atoms. The third-order valence-corrected chi connectivity index (χ3v) is 6.29. The molecule has 7 heteroatoms. The number of carbonyl (C=O) groups excluding carboxylic acids is 1. The predicted molar refractivity (Wildman–Crippen MR) is 86.0 cm³/mol. The van der Waals surface area contributed by atoms with Gasteiger partial charge in [-0.2, -0.15) is 0 Å². The van der Waals surface area contributed by atoms with Crippen LogP contribution in [0.2, 0.25) is 0 Å². The minimum atomic E-state index is -3.83. The third-order valence-electron chi connectivity index (χ3n) is 4.48. The van der Waals surface area contributed by atoms with Gasteiger partial charge in [0.1, 0.15) is 0 Å². The van der Waals surface area contributed by atoms with Crippen LogP contribution < -0.4 is 5.32 Å². The van der Waals surface area contributed by atoms with Gasteiger partial charge in [-0.15, -0.1) is 0 Å². The molecule has 0 aromatic heterocycles. The van der Waals surface area contributed by atoms with E-state index in [9.17, 15) is 18.3 Å². The molecular weight excluding hydrogens is 316 g/mol. The number of aliphatic hydroxyl groups excluding tert-OH is 1. The molecule has 1 amide bonds. The summed E-state index contributed by atoms with van der Waals surface area (Å²) in [4.78, 5) is 12.6. The first-order valence-electron chi connectivity index (χ1n) is 7.75. The molecule has 2 aliphatic rings. The molecule has 1 saturated carbocycles. The van der Waals surface area contributed by atoms with Crippen molar-refractivity contribution in [1.82, 2.24) is 9.62 Å². The quantitative estimate of drug-likeness (QED) is 0.865. The lowest BCUT2D eigenvalue weighted by molar-refractivity contribution is -0.119. The molecule has 1 aromatic carbocycles. The summed E-state index contributed by atoms with van der Waals surface area (Å²) in [5.74, 6) is -0.846. The second-order valence-corrected chi connectivity index (χ2v) is 7.91. The van der Waals surface area contributed by atoms with E-state index in [1.54, 1.807) is 12.1 Å². The van der Waals surface area contributed by atoms with Gasteiger partial charge in [-0.1, -0.05) is 31.4 Å². The van der Waals surface area contributed by atoms with Crippen LogP contribution in [0.25, 0.3) is 5.76 Å². The molecule has 1 heterocycles. The number of rotatable bonds is 2. The Hall–Kier alpha value is -2.02. The van der Waals surface area contributed by atoms with Gasteiger partial charge in [0.2, 0.25) is 0 Å². The van der Waals surface area contributed by atoms with Crippen molar-refractivity contribution in [1.29, 1.82) is 0 Å². The predicted octanol–water partition coefficient (Wildman–Crippen LogP) is 2.00. The van der Waals surface area contributed by atoms with E-state index in [0.717, 1.165) is 36.4 Å². The first-order chi connectivity index (χ1) is 10.9. The Kier molecular flexibility index (Phi) is 4.06. The van der Waals surface area contributed by atoms with Crippen molar-refractivity contribution in [2.24, 2.45) is 0 Å². The minimum Gasteiger partial charge on any atom is -0.505 e. The van der Waals surface area contributed by atoms with Crippen LogP contribution >= 0.6 is 0 Å². The number of likely N-dealkylation sites (N-methyl/N-ethyl adjacent to an activating group) is 1. The molecule has 0 saturated heterocycles. The maximum atomic E-state index is 12.6. The molecule has 2 N–H and O–H groups in total. The van der Waals surface area contributed by atoms with Crippen LogP contribution in [0.5, 0.6) is 0 Å². The molecule has 124 valence electrons. The highest BCUT2D eigenvalue weighted by Crippen LogP contribution is 2.34. The molecule has 23 heavy (non-hydrogen) atoms. The van der Waals surface area contributed by atoms with E-state index < -0.39 is 15.9 Å². The molecule has 1 aliphatic heterocycles. The fourth-order valence-corrected chi connectivity index (χ4v) is 4.58. The fourth-order valence-electron chi connectivity index (χ4n) is 3.18. The van der Waals surface area contributed by atoms with Crippen molar-refractivity contribution < 1.29 is 18.3 Å². The number of amides is 1. The topological polar surface area (TPSA) is 86.7 Å². The summed E-state index contributed by atoms with van der Waals surface area (Å²) in [5.41, 5.74) is -0.0475. The van der Waals surface area contributed by atoms with Crippen LogP contribution in [-0.2, 0) is 14.8 Å². The molecule has 0 radical (unpaired) electrons. The van der Waals surface area contributed by atoms with Crippen molar-refractivity contribution in [3.8, 4) is 0 Å². The smallest absolute Gasteiger partial charge is 0.272 e. The van der Waals surface area contributed by atoms with E-state index in [4.69, 9.17) is 0 Å². The molecule has 1 aliphatic carbocycles. The van der Waals surface area contributed by atoms with Crippen molar-refractivity contribution in [3.63, 3.8) is 0 Å². The van der Waals surface area contributed by atoms with Crippen LogP contribution in [0.3, 0.4) is 0 Å². The lowest BCUT2D eigenvalue weighted by Gasteiger charge is -2.30. The fraction of sp³-hybridized carbons (Fsp3) is 0.438. The largest absolute Gasteiger partial charge is 0.505 e. The summed E-state index contributed by atoms with van der Waals surface area (Å²) < 4.78 is 26.0. The molecule has 3 rings (SSSR count). The van der Waals surface area contributed by atoms with E-state index in [1.165, 1.54) is 19.2 Å². The summed E-state index contributed by atoms with van der Waals surface area (Å²) in [5, 5.41) is 13.3. The summed E-state index contributed by atoms with van der Waals surface area (Å²) in [6, 6.07) is 6.18. The zero-order valence-corrected chi connectivity index (χ0v) is 13.8. The number of nitrogens with zero attached hydrogens (tertiary/aromatic N) is 1. The minimum absolute atomic E-state index is 0.00853. The lowest BCUT2D eigenvalue weighted by Crippen LogP contribution is -2.43. The van der Waals surface area contributed by atoms with Gasteiger partial charge in [0.25, 0.3) is 15.9 Å². The van der Waals surface area contributed by atoms with Gasteiger partial charge in [-0.3, -0.25) is 9.10 Å². The zero-order chi connectivity index (χ0) is 16.6. The van der Waals surface area contributed by atoms with Gasteiger partial charge in [-0.05, 0) is 25.0 Å². The number of benzene rings is 1. The molecular formula is C16H20N2O4S.